The molecule has 0 bridgehead atoms. The van der Waals surface area contributed by atoms with Gasteiger partial charge in [-0.2, -0.15) is 0 Å². The van der Waals surface area contributed by atoms with Gasteiger partial charge in [0, 0.05) is 23.7 Å². The van der Waals surface area contributed by atoms with Crippen LogP contribution < -0.4 is 15.0 Å². The fourth-order valence-electron chi connectivity index (χ4n) is 2.73. The minimum atomic E-state index is -0.454. The van der Waals surface area contributed by atoms with E-state index in [1.165, 1.54) is 4.90 Å². The van der Waals surface area contributed by atoms with E-state index < -0.39 is 5.92 Å². The van der Waals surface area contributed by atoms with Crippen LogP contribution in [0.4, 0.5) is 11.4 Å². The zero-order chi connectivity index (χ0) is 18.0. The third kappa shape index (κ3) is 3.89. The minimum absolute atomic E-state index is 0.130. The quantitative estimate of drug-likeness (QED) is 0.874. The average molecular weight is 379 g/mol. The van der Waals surface area contributed by atoms with Crippen molar-refractivity contribution >= 4 is 46.4 Å². The van der Waals surface area contributed by atoms with Gasteiger partial charge in [-0.05, 0) is 42.5 Å². The van der Waals surface area contributed by atoms with Crippen molar-refractivity contribution in [3.05, 3.63) is 52.5 Å². The molecule has 25 heavy (non-hydrogen) atoms. The molecular formula is C18H16Cl2N2O3. The van der Waals surface area contributed by atoms with Gasteiger partial charge in [0.25, 0.3) is 0 Å². The molecule has 1 atom stereocenters. The fourth-order valence-corrected chi connectivity index (χ4v) is 3.11. The molecule has 5 nitrogen and oxygen atoms in total. The summed E-state index contributed by atoms with van der Waals surface area (Å²) in [5, 5.41) is 3.73. The molecule has 130 valence electrons. The highest BCUT2D eigenvalue weighted by Crippen LogP contribution is 2.33. The molecule has 2 aromatic rings. The van der Waals surface area contributed by atoms with E-state index in [9.17, 15) is 9.59 Å². The van der Waals surface area contributed by atoms with E-state index >= 15 is 0 Å². The smallest absolute Gasteiger partial charge is 0.229 e. The van der Waals surface area contributed by atoms with Crippen LogP contribution in [0.2, 0.25) is 10.0 Å². The van der Waals surface area contributed by atoms with Gasteiger partial charge in [0.05, 0.1) is 23.7 Å². The number of hydrogen-bond acceptors (Lipinski definition) is 3. The predicted octanol–water partition coefficient (Wildman–Crippen LogP) is 3.99. The van der Waals surface area contributed by atoms with Gasteiger partial charge in [0.2, 0.25) is 11.8 Å². The van der Waals surface area contributed by atoms with E-state index in [0.29, 0.717) is 27.2 Å². The Kier molecular flexibility index (Phi) is 5.16. The van der Waals surface area contributed by atoms with Crippen LogP contribution >= 0.6 is 23.2 Å². The molecule has 2 aromatic carbocycles. The maximum atomic E-state index is 12.5. The van der Waals surface area contributed by atoms with Gasteiger partial charge in [-0.15, -0.1) is 0 Å². The molecule has 0 unspecified atom stereocenters. The van der Waals surface area contributed by atoms with Crippen LogP contribution in [-0.2, 0) is 9.59 Å². The van der Waals surface area contributed by atoms with Crippen molar-refractivity contribution in [2.75, 3.05) is 23.9 Å². The van der Waals surface area contributed by atoms with Crippen LogP contribution in [0.15, 0.2) is 42.5 Å². The van der Waals surface area contributed by atoms with E-state index in [-0.39, 0.29) is 24.8 Å². The highest BCUT2D eigenvalue weighted by molar-refractivity contribution is 6.36. The molecule has 0 aromatic heterocycles. The predicted molar refractivity (Wildman–Crippen MR) is 98.5 cm³/mol. The lowest BCUT2D eigenvalue weighted by molar-refractivity contribution is -0.122. The summed E-state index contributed by atoms with van der Waals surface area (Å²) < 4.78 is 5.08. The summed E-state index contributed by atoms with van der Waals surface area (Å²) in [6.07, 6.45) is 0.130. The van der Waals surface area contributed by atoms with Gasteiger partial charge < -0.3 is 15.0 Å². The highest BCUT2D eigenvalue weighted by Gasteiger charge is 2.36. The molecule has 1 fully saturated rings. The third-order valence-corrected chi connectivity index (χ3v) is 4.61. The van der Waals surface area contributed by atoms with Crippen molar-refractivity contribution in [3.8, 4) is 5.75 Å². The Balaban J connectivity index is 1.71. The number of benzene rings is 2. The first kappa shape index (κ1) is 17.6. The van der Waals surface area contributed by atoms with Crippen molar-refractivity contribution in [1.29, 1.82) is 0 Å². The molecule has 1 heterocycles. The Hall–Kier alpha value is -2.24. The van der Waals surface area contributed by atoms with Crippen LogP contribution in [0.5, 0.6) is 5.75 Å². The normalized spacial score (nSPS) is 16.8. The summed E-state index contributed by atoms with van der Waals surface area (Å²) in [5.74, 6) is -0.112. The number of anilines is 2. The van der Waals surface area contributed by atoms with Crippen molar-refractivity contribution in [2.24, 2.45) is 5.92 Å². The Morgan fingerprint density at radius 1 is 1.20 bits per heavy atom. The molecule has 1 saturated heterocycles. The van der Waals surface area contributed by atoms with Crippen molar-refractivity contribution in [2.45, 2.75) is 6.42 Å². The second kappa shape index (κ2) is 7.33. The summed E-state index contributed by atoms with van der Waals surface area (Å²) in [7, 11) is 1.58. The molecule has 0 saturated carbocycles. The zero-order valence-electron chi connectivity index (χ0n) is 13.5. The van der Waals surface area contributed by atoms with Crippen molar-refractivity contribution in [3.63, 3.8) is 0 Å². The SMILES string of the molecule is COc1ccc(NC(=O)[C@@H]2CC(=O)N(c3cc(Cl)ccc3Cl)C2)cc1. The van der Waals surface area contributed by atoms with Crippen LogP contribution in [0, 0.1) is 5.92 Å². The van der Waals surface area contributed by atoms with Gasteiger partial charge >= 0.3 is 0 Å². The number of nitrogens with zero attached hydrogens (tertiary/aromatic N) is 1. The summed E-state index contributed by atoms with van der Waals surface area (Å²) >= 11 is 12.2. The Labute approximate surface area is 155 Å². The monoisotopic (exact) mass is 378 g/mol. The molecule has 0 aliphatic carbocycles. The molecule has 0 radical (unpaired) electrons. The summed E-state index contributed by atoms with van der Waals surface area (Å²) in [4.78, 5) is 26.3. The average Bonchev–Trinajstić information content (AvgIpc) is 2.99. The van der Waals surface area contributed by atoms with Crippen LogP contribution in [0.3, 0.4) is 0 Å². The summed E-state index contributed by atoms with van der Waals surface area (Å²) in [6, 6.07) is 11.9. The summed E-state index contributed by atoms with van der Waals surface area (Å²) in [6.45, 7) is 0.265. The Bertz CT molecular complexity index is 808. The number of ether oxygens (including phenoxy) is 1. The largest absolute Gasteiger partial charge is 0.497 e. The number of methoxy groups -OCH3 is 1. The van der Waals surface area contributed by atoms with E-state index in [0.717, 1.165) is 0 Å². The second-order valence-corrected chi connectivity index (χ2v) is 6.56. The number of rotatable bonds is 4. The van der Waals surface area contributed by atoms with Crippen LogP contribution in [0.1, 0.15) is 6.42 Å². The number of carbonyl (C=O) groups excluding carboxylic acids is 2. The first-order valence-corrected chi connectivity index (χ1v) is 8.44. The van der Waals surface area contributed by atoms with E-state index in [1.54, 1.807) is 49.6 Å². The fraction of sp³-hybridized carbons (Fsp3) is 0.222. The van der Waals surface area contributed by atoms with Crippen molar-refractivity contribution in [1.82, 2.24) is 0 Å². The van der Waals surface area contributed by atoms with E-state index in [4.69, 9.17) is 27.9 Å². The lowest BCUT2D eigenvalue weighted by atomic mass is 10.1. The third-order valence-electron chi connectivity index (χ3n) is 4.05. The van der Waals surface area contributed by atoms with Crippen molar-refractivity contribution < 1.29 is 14.3 Å². The Morgan fingerprint density at radius 2 is 1.92 bits per heavy atom. The minimum Gasteiger partial charge on any atom is -0.497 e. The highest BCUT2D eigenvalue weighted by atomic mass is 35.5. The molecule has 0 spiro atoms. The molecule has 1 N–H and O–H groups in total. The number of nitrogens with one attached hydrogen (secondary N) is 1. The topological polar surface area (TPSA) is 58.6 Å². The molecule has 1 aliphatic heterocycles. The lowest BCUT2D eigenvalue weighted by Gasteiger charge is -2.18. The molecule has 2 amide bonds. The zero-order valence-corrected chi connectivity index (χ0v) is 15.0. The molecule has 7 heteroatoms. The molecule has 1 aliphatic rings. The first-order valence-electron chi connectivity index (χ1n) is 7.68. The van der Waals surface area contributed by atoms with Gasteiger partial charge in [-0.1, -0.05) is 23.2 Å². The Morgan fingerprint density at radius 3 is 2.60 bits per heavy atom. The lowest BCUT2D eigenvalue weighted by Crippen LogP contribution is -2.28. The summed E-state index contributed by atoms with van der Waals surface area (Å²) in [5.41, 5.74) is 1.18. The number of hydrogen-bond donors (Lipinski definition) is 1. The standard InChI is InChI=1S/C18H16Cl2N2O3/c1-25-14-5-3-13(4-6-14)21-18(24)11-8-17(23)22(10-11)16-9-12(19)2-7-15(16)20/h2-7,9,11H,8,10H2,1H3,(H,21,24)/t11-/m1/s1. The number of carbonyl (C=O) groups is 2. The molecule has 3 rings (SSSR count). The maximum absolute atomic E-state index is 12.5. The van der Waals surface area contributed by atoms with Gasteiger partial charge in [-0.25, -0.2) is 0 Å². The van der Waals surface area contributed by atoms with E-state index in [1.807, 2.05) is 0 Å². The van der Waals surface area contributed by atoms with E-state index in [2.05, 4.69) is 5.32 Å². The van der Waals surface area contributed by atoms with Gasteiger partial charge in [0.1, 0.15) is 5.75 Å². The van der Waals surface area contributed by atoms with Crippen LogP contribution in [-0.4, -0.2) is 25.5 Å². The van der Waals surface area contributed by atoms with Gasteiger partial charge in [-0.3, -0.25) is 9.59 Å². The molecular weight excluding hydrogens is 363 g/mol. The number of halogens is 2. The first-order chi connectivity index (χ1) is 12.0. The van der Waals surface area contributed by atoms with Gasteiger partial charge in [0.15, 0.2) is 0 Å². The maximum Gasteiger partial charge on any atom is 0.229 e. The van der Waals surface area contributed by atoms with Crippen LogP contribution in [0.25, 0.3) is 0 Å². The number of amides is 2. The second-order valence-electron chi connectivity index (χ2n) is 5.72.